The van der Waals surface area contributed by atoms with E-state index in [9.17, 15) is 0 Å². The molecule has 16 heavy (non-hydrogen) atoms. The number of hydrogen-bond acceptors (Lipinski definition) is 3. The van der Waals surface area contributed by atoms with E-state index in [1.165, 1.54) is 0 Å². The van der Waals surface area contributed by atoms with Crippen LogP contribution in [0.25, 0.3) is 11.3 Å². The Morgan fingerprint density at radius 1 is 1.25 bits per heavy atom. The highest BCUT2D eigenvalue weighted by Crippen LogP contribution is 2.24. The molecule has 1 aromatic heterocycles. The Hall–Kier alpha value is -1.68. The zero-order valence-corrected chi connectivity index (χ0v) is 9.97. The first-order valence-electron chi connectivity index (χ1n) is 4.91. The molecule has 0 bridgehead atoms. The molecule has 0 aliphatic rings. The molecular weight excluding hydrogens is 220 g/mol. The van der Waals surface area contributed by atoms with Gasteiger partial charge in [0, 0.05) is 5.56 Å². The van der Waals surface area contributed by atoms with Crippen LogP contribution in [0.5, 0.6) is 5.75 Å². The molecule has 1 N–H and O–H groups in total. The van der Waals surface area contributed by atoms with Gasteiger partial charge in [0.15, 0.2) is 0 Å². The third kappa shape index (κ3) is 2.12. The summed E-state index contributed by atoms with van der Waals surface area (Å²) < 4.78 is 5.84. The van der Waals surface area contributed by atoms with Gasteiger partial charge in [-0.15, -0.1) is 0 Å². The average Bonchev–Trinajstić information content (AvgIpc) is 2.30. The summed E-state index contributed by atoms with van der Waals surface area (Å²) in [6, 6.07) is 9.69. The summed E-state index contributed by atoms with van der Waals surface area (Å²) in [6.07, 6.45) is 0. The van der Waals surface area contributed by atoms with Crippen LogP contribution in [0.4, 0.5) is 0 Å². The highest BCUT2D eigenvalue weighted by atomic mass is 32.1. The summed E-state index contributed by atoms with van der Waals surface area (Å²) in [7, 11) is 1.67. The van der Waals surface area contributed by atoms with Gasteiger partial charge in [0.25, 0.3) is 0 Å². The number of benzene rings is 1. The molecule has 1 aromatic carbocycles. The number of nitrogens with one attached hydrogen (secondary N) is 1. The summed E-state index contributed by atoms with van der Waals surface area (Å²) in [5, 5.41) is 6.96. The van der Waals surface area contributed by atoms with Crippen LogP contribution in [-0.4, -0.2) is 17.3 Å². The lowest BCUT2D eigenvalue weighted by molar-refractivity contribution is 0.412. The molecule has 0 radical (unpaired) electrons. The first kappa shape index (κ1) is 10.8. The standard InChI is InChI=1S/C12H12N2OS/c1-8-7-9(3-5-11(8)15-2)10-4-6-12(16)14-13-10/h3-7H,1-2H3,(H,14,16). The maximum Gasteiger partial charge on any atom is 0.121 e. The Labute approximate surface area is 99.1 Å². The molecular formula is C12H12N2OS. The lowest BCUT2D eigenvalue weighted by Crippen LogP contribution is -1.90. The number of aromatic nitrogens is 2. The van der Waals surface area contributed by atoms with Crippen LogP contribution in [0.3, 0.4) is 0 Å². The largest absolute Gasteiger partial charge is 0.496 e. The van der Waals surface area contributed by atoms with Crippen molar-refractivity contribution >= 4 is 12.2 Å². The quantitative estimate of drug-likeness (QED) is 0.808. The van der Waals surface area contributed by atoms with E-state index in [1.807, 2.05) is 37.3 Å². The van der Waals surface area contributed by atoms with Gasteiger partial charge in [-0.1, -0.05) is 12.2 Å². The fourth-order valence-corrected chi connectivity index (χ4v) is 1.66. The first-order valence-corrected chi connectivity index (χ1v) is 5.32. The monoisotopic (exact) mass is 232 g/mol. The van der Waals surface area contributed by atoms with Gasteiger partial charge < -0.3 is 4.74 Å². The smallest absolute Gasteiger partial charge is 0.121 e. The summed E-state index contributed by atoms with van der Waals surface area (Å²) in [5.41, 5.74) is 3.01. The van der Waals surface area contributed by atoms with E-state index in [0.717, 1.165) is 22.6 Å². The van der Waals surface area contributed by atoms with E-state index in [0.29, 0.717) is 4.64 Å². The molecule has 0 fully saturated rings. The maximum atomic E-state index is 5.21. The first-order chi connectivity index (χ1) is 7.70. The van der Waals surface area contributed by atoms with Crippen molar-refractivity contribution in [1.82, 2.24) is 10.2 Å². The molecule has 4 heteroatoms. The van der Waals surface area contributed by atoms with E-state index in [-0.39, 0.29) is 0 Å². The molecule has 0 spiro atoms. The lowest BCUT2D eigenvalue weighted by Gasteiger charge is -2.06. The van der Waals surface area contributed by atoms with Crippen molar-refractivity contribution in [1.29, 1.82) is 0 Å². The summed E-state index contributed by atoms with van der Waals surface area (Å²) in [5.74, 6) is 0.882. The van der Waals surface area contributed by atoms with Gasteiger partial charge in [0.2, 0.25) is 0 Å². The molecule has 2 aromatic rings. The maximum absolute atomic E-state index is 5.21. The van der Waals surface area contributed by atoms with Crippen LogP contribution in [-0.2, 0) is 0 Å². The normalized spacial score (nSPS) is 10.1. The van der Waals surface area contributed by atoms with Gasteiger partial charge in [0.05, 0.1) is 12.8 Å². The van der Waals surface area contributed by atoms with E-state index in [1.54, 1.807) is 7.11 Å². The van der Waals surface area contributed by atoms with E-state index < -0.39 is 0 Å². The number of hydrogen-bond donors (Lipinski definition) is 1. The fourth-order valence-electron chi connectivity index (χ4n) is 1.54. The molecule has 0 aliphatic heterocycles. The Balaban J connectivity index is 2.45. The predicted molar refractivity (Wildman–Crippen MR) is 66.1 cm³/mol. The minimum atomic E-state index is 0.633. The number of nitrogens with zero attached hydrogens (tertiary/aromatic N) is 1. The zero-order valence-electron chi connectivity index (χ0n) is 9.15. The number of methoxy groups -OCH3 is 1. The van der Waals surface area contributed by atoms with E-state index in [4.69, 9.17) is 17.0 Å². The van der Waals surface area contributed by atoms with Crippen LogP contribution in [0, 0.1) is 11.6 Å². The topological polar surface area (TPSA) is 37.9 Å². The predicted octanol–water partition coefficient (Wildman–Crippen LogP) is 3.12. The zero-order chi connectivity index (χ0) is 11.5. The summed E-state index contributed by atoms with van der Waals surface area (Å²) >= 11 is 4.95. The Kier molecular flexibility index (Phi) is 3.01. The minimum absolute atomic E-state index is 0.633. The van der Waals surface area contributed by atoms with Gasteiger partial charge >= 0.3 is 0 Å². The third-order valence-corrected chi connectivity index (χ3v) is 2.60. The van der Waals surface area contributed by atoms with Crippen LogP contribution in [0.15, 0.2) is 30.3 Å². The van der Waals surface area contributed by atoms with Crippen LogP contribution in [0.1, 0.15) is 5.56 Å². The number of ether oxygens (including phenoxy) is 1. The van der Waals surface area contributed by atoms with E-state index >= 15 is 0 Å². The molecule has 0 unspecified atom stereocenters. The molecule has 1 heterocycles. The minimum Gasteiger partial charge on any atom is -0.496 e. The van der Waals surface area contributed by atoms with Gasteiger partial charge in [-0.05, 0) is 42.8 Å². The highest BCUT2D eigenvalue weighted by Gasteiger charge is 2.02. The molecule has 2 rings (SSSR count). The van der Waals surface area contributed by atoms with Gasteiger partial charge in [-0.25, -0.2) is 0 Å². The second kappa shape index (κ2) is 4.45. The molecule has 3 nitrogen and oxygen atoms in total. The van der Waals surface area contributed by atoms with Crippen molar-refractivity contribution < 1.29 is 4.74 Å². The third-order valence-electron chi connectivity index (χ3n) is 2.37. The summed E-state index contributed by atoms with van der Waals surface area (Å²) in [6.45, 7) is 2.01. The van der Waals surface area contributed by atoms with Crippen molar-refractivity contribution in [2.75, 3.05) is 7.11 Å². The Bertz CT molecular complexity index is 543. The van der Waals surface area contributed by atoms with Crippen LogP contribution >= 0.6 is 12.2 Å². The number of rotatable bonds is 2. The van der Waals surface area contributed by atoms with Crippen molar-refractivity contribution in [2.45, 2.75) is 6.92 Å². The molecule has 0 saturated heterocycles. The Morgan fingerprint density at radius 2 is 2.06 bits per heavy atom. The SMILES string of the molecule is COc1ccc(-c2ccc(=S)[nH]n2)cc1C. The van der Waals surface area contributed by atoms with Crippen LogP contribution in [0.2, 0.25) is 0 Å². The fraction of sp³-hybridized carbons (Fsp3) is 0.167. The van der Waals surface area contributed by atoms with Crippen molar-refractivity contribution in [3.63, 3.8) is 0 Å². The summed E-state index contributed by atoms with van der Waals surface area (Å²) in [4.78, 5) is 0. The van der Waals surface area contributed by atoms with Gasteiger partial charge in [-0.2, -0.15) is 5.10 Å². The number of H-pyrrole nitrogens is 1. The molecule has 0 amide bonds. The van der Waals surface area contributed by atoms with Gasteiger partial charge in [-0.3, -0.25) is 5.10 Å². The molecule has 0 saturated carbocycles. The van der Waals surface area contributed by atoms with E-state index in [2.05, 4.69) is 10.2 Å². The lowest BCUT2D eigenvalue weighted by atomic mass is 10.1. The van der Waals surface area contributed by atoms with Crippen molar-refractivity contribution in [3.05, 3.63) is 40.5 Å². The second-order valence-electron chi connectivity index (χ2n) is 3.49. The second-order valence-corrected chi connectivity index (χ2v) is 3.93. The number of aromatic amines is 1. The van der Waals surface area contributed by atoms with Crippen molar-refractivity contribution in [2.24, 2.45) is 0 Å². The highest BCUT2D eigenvalue weighted by molar-refractivity contribution is 7.71. The van der Waals surface area contributed by atoms with Crippen molar-refractivity contribution in [3.8, 4) is 17.0 Å². The van der Waals surface area contributed by atoms with Crippen LogP contribution < -0.4 is 4.74 Å². The Morgan fingerprint density at radius 3 is 2.62 bits per heavy atom. The average molecular weight is 232 g/mol. The molecule has 0 atom stereocenters. The number of aryl methyl sites for hydroxylation is 1. The molecule has 0 aliphatic carbocycles. The van der Waals surface area contributed by atoms with Gasteiger partial charge in [0.1, 0.15) is 10.4 Å². The molecule has 82 valence electrons.